The summed E-state index contributed by atoms with van der Waals surface area (Å²) in [6, 6.07) is 7.27. The van der Waals surface area contributed by atoms with Crippen molar-refractivity contribution in [3.63, 3.8) is 0 Å². The molecule has 0 radical (unpaired) electrons. The Morgan fingerprint density at radius 3 is 2.42 bits per heavy atom. The van der Waals surface area contributed by atoms with Crippen LogP contribution in [0.3, 0.4) is 0 Å². The van der Waals surface area contributed by atoms with Gasteiger partial charge in [-0.3, -0.25) is 0 Å². The molecule has 1 unspecified atom stereocenters. The van der Waals surface area contributed by atoms with Crippen molar-refractivity contribution in [2.45, 2.75) is 32.9 Å². The van der Waals surface area contributed by atoms with Crippen molar-refractivity contribution in [1.29, 1.82) is 0 Å². The van der Waals surface area contributed by atoms with E-state index in [1.54, 1.807) is 19.2 Å². The average Bonchev–Trinajstić information content (AvgIpc) is 2.36. The van der Waals surface area contributed by atoms with E-state index < -0.39 is 5.97 Å². The van der Waals surface area contributed by atoms with Crippen LogP contribution in [-0.4, -0.2) is 30.8 Å². The molecule has 1 rings (SSSR count). The zero-order chi connectivity index (χ0) is 14.3. The van der Waals surface area contributed by atoms with Gasteiger partial charge in [0.1, 0.15) is 0 Å². The first-order valence-corrected chi connectivity index (χ1v) is 6.57. The van der Waals surface area contributed by atoms with E-state index in [0.29, 0.717) is 24.1 Å². The maximum Gasteiger partial charge on any atom is 0.335 e. The second-order valence-electron chi connectivity index (χ2n) is 5.16. The predicted octanol–water partition coefficient (Wildman–Crippen LogP) is 2.54. The number of rotatable bonds is 8. The highest BCUT2D eigenvalue weighted by Crippen LogP contribution is 2.08. The first kappa shape index (κ1) is 15.7. The van der Waals surface area contributed by atoms with Gasteiger partial charge >= 0.3 is 5.97 Å². The Hall–Kier alpha value is -1.39. The Morgan fingerprint density at radius 1 is 1.32 bits per heavy atom. The molecule has 0 spiro atoms. The lowest BCUT2D eigenvalue weighted by molar-refractivity contribution is 0.0697. The van der Waals surface area contributed by atoms with Crippen molar-refractivity contribution in [2.24, 2.45) is 5.92 Å². The van der Waals surface area contributed by atoms with Gasteiger partial charge in [-0.25, -0.2) is 4.79 Å². The van der Waals surface area contributed by atoms with Crippen LogP contribution in [0.25, 0.3) is 0 Å². The molecule has 0 amide bonds. The average molecular weight is 265 g/mol. The molecule has 4 heteroatoms. The fourth-order valence-electron chi connectivity index (χ4n) is 2.01. The second kappa shape index (κ2) is 7.92. The SMILES string of the molecule is COCC(CC(C)C)NCc1ccc(C(=O)O)cc1. The van der Waals surface area contributed by atoms with Crippen LogP contribution in [0.5, 0.6) is 0 Å². The van der Waals surface area contributed by atoms with E-state index in [2.05, 4.69) is 19.2 Å². The first-order chi connectivity index (χ1) is 9.02. The van der Waals surface area contributed by atoms with E-state index in [-0.39, 0.29) is 0 Å². The van der Waals surface area contributed by atoms with Crippen LogP contribution in [0.15, 0.2) is 24.3 Å². The summed E-state index contributed by atoms with van der Waals surface area (Å²) in [6.07, 6.45) is 1.06. The van der Waals surface area contributed by atoms with E-state index in [9.17, 15) is 4.79 Å². The van der Waals surface area contributed by atoms with E-state index in [4.69, 9.17) is 9.84 Å². The Labute approximate surface area is 114 Å². The van der Waals surface area contributed by atoms with E-state index in [0.717, 1.165) is 18.5 Å². The lowest BCUT2D eigenvalue weighted by Crippen LogP contribution is -2.34. The molecule has 0 aromatic heterocycles. The third-order valence-corrected chi connectivity index (χ3v) is 2.92. The number of hydrogen-bond acceptors (Lipinski definition) is 3. The molecule has 0 heterocycles. The summed E-state index contributed by atoms with van der Waals surface area (Å²) in [5.74, 6) is -0.279. The van der Waals surface area contributed by atoms with Gasteiger partial charge in [0.2, 0.25) is 0 Å². The van der Waals surface area contributed by atoms with Gasteiger partial charge in [0, 0.05) is 19.7 Å². The third-order valence-electron chi connectivity index (χ3n) is 2.92. The monoisotopic (exact) mass is 265 g/mol. The van der Waals surface area contributed by atoms with Gasteiger partial charge in [-0.1, -0.05) is 26.0 Å². The number of hydrogen-bond donors (Lipinski definition) is 2. The van der Waals surface area contributed by atoms with Crippen LogP contribution in [0.4, 0.5) is 0 Å². The van der Waals surface area contributed by atoms with Gasteiger partial charge in [-0.05, 0) is 30.0 Å². The zero-order valence-corrected chi connectivity index (χ0v) is 11.8. The molecule has 19 heavy (non-hydrogen) atoms. The van der Waals surface area contributed by atoms with Gasteiger partial charge in [-0.15, -0.1) is 0 Å². The lowest BCUT2D eigenvalue weighted by atomic mass is 10.0. The Bertz CT molecular complexity index is 387. The Kier molecular flexibility index (Phi) is 6.53. The second-order valence-corrected chi connectivity index (χ2v) is 5.16. The van der Waals surface area contributed by atoms with Crippen LogP contribution in [0.2, 0.25) is 0 Å². The van der Waals surface area contributed by atoms with Gasteiger partial charge in [0.05, 0.1) is 12.2 Å². The molecule has 1 aromatic rings. The van der Waals surface area contributed by atoms with Crippen LogP contribution in [-0.2, 0) is 11.3 Å². The van der Waals surface area contributed by atoms with Crippen LogP contribution >= 0.6 is 0 Å². The molecule has 1 atom stereocenters. The minimum absolute atomic E-state index is 0.319. The van der Waals surface area contributed by atoms with Crippen molar-refractivity contribution in [3.05, 3.63) is 35.4 Å². The number of methoxy groups -OCH3 is 1. The Morgan fingerprint density at radius 2 is 1.95 bits per heavy atom. The van der Waals surface area contributed by atoms with Gasteiger partial charge < -0.3 is 15.2 Å². The summed E-state index contributed by atoms with van der Waals surface area (Å²) in [6.45, 7) is 5.78. The molecule has 106 valence electrons. The number of carboxylic acid groups (broad SMARTS) is 1. The number of benzene rings is 1. The zero-order valence-electron chi connectivity index (χ0n) is 11.8. The lowest BCUT2D eigenvalue weighted by Gasteiger charge is -2.20. The maximum atomic E-state index is 10.8. The highest BCUT2D eigenvalue weighted by molar-refractivity contribution is 5.87. The topological polar surface area (TPSA) is 58.6 Å². The smallest absolute Gasteiger partial charge is 0.335 e. The van der Waals surface area contributed by atoms with Crippen LogP contribution in [0, 0.1) is 5.92 Å². The van der Waals surface area contributed by atoms with E-state index in [1.807, 2.05) is 12.1 Å². The molecule has 0 saturated carbocycles. The minimum Gasteiger partial charge on any atom is -0.478 e. The van der Waals surface area contributed by atoms with Gasteiger partial charge in [0.15, 0.2) is 0 Å². The van der Waals surface area contributed by atoms with Crippen molar-refractivity contribution in [3.8, 4) is 0 Å². The third kappa shape index (κ3) is 5.85. The molecule has 0 aliphatic rings. The largest absolute Gasteiger partial charge is 0.478 e. The highest BCUT2D eigenvalue weighted by Gasteiger charge is 2.10. The number of ether oxygens (including phenoxy) is 1. The molecule has 0 bridgehead atoms. The van der Waals surface area contributed by atoms with Crippen LogP contribution in [0.1, 0.15) is 36.2 Å². The van der Waals surface area contributed by atoms with E-state index >= 15 is 0 Å². The number of carbonyl (C=O) groups is 1. The fourth-order valence-corrected chi connectivity index (χ4v) is 2.01. The molecule has 0 saturated heterocycles. The summed E-state index contributed by atoms with van der Waals surface area (Å²) >= 11 is 0. The molecule has 0 fully saturated rings. The molecular formula is C15H23NO3. The Balaban J connectivity index is 2.51. The number of aromatic carboxylic acids is 1. The molecule has 0 aliphatic heterocycles. The standard InChI is InChI=1S/C15H23NO3/c1-11(2)8-14(10-19-3)16-9-12-4-6-13(7-5-12)15(17)18/h4-7,11,14,16H,8-10H2,1-3H3,(H,17,18). The molecular weight excluding hydrogens is 242 g/mol. The highest BCUT2D eigenvalue weighted by atomic mass is 16.5. The molecule has 4 nitrogen and oxygen atoms in total. The maximum absolute atomic E-state index is 10.8. The fraction of sp³-hybridized carbons (Fsp3) is 0.533. The first-order valence-electron chi connectivity index (χ1n) is 6.57. The van der Waals surface area contributed by atoms with Gasteiger partial charge in [0.25, 0.3) is 0 Å². The van der Waals surface area contributed by atoms with Crippen molar-refractivity contribution < 1.29 is 14.6 Å². The van der Waals surface area contributed by atoms with Gasteiger partial charge in [-0.2, -0.15) is 0 Å². The van der Waals surface area contributed by atoms with E-state index in [1.165, 1.54) is 0 Å². The summed E-state index contributed by atoms with van der Waals surface area (Å²) < 4.78 is 5.20. The molecule has 1 aromatic carbocycles. The minimum atomic E-state index is -0.892. The van der Waals surface area contributed by atoms with Crippen molar-refractivity contribution in [1.82, 2.24) is 5.32 Å². The number of nitrogens with one attached hydrogen (secondary N) is 1. The normalized spacial score (nSPS) is 12.6. The molecule has 0 aliphatic carbocycles. The van der Waals surface area contributed by atoms with Crippen molar-refractivity contribution in [2.75, 3.05) is 13.7 Å². The van der Waals surface area contributed by atoms with Crippen molar-refractivity contribution >= 4 is 5.97 Å². The quantitative estimate of drug-likeness (QED) is 0.758. The summed E-state index contributed by atoms with van der Waals surface area (Å²) in [5.41, 5.74) is 1.40. The summed E-state index contributed by atoms with van der Waals surface area (Å²) in [7, 11) is 1.71. The molecule has 2 N–H and O–H groups in total. The predicted molar refractivity (Wildman–Crippen MR) is 75.4 cm³/mol. The summed E-state index contributed by atoms with van der Waals surface area (Å²) in [5, 5.41) is 12.3. The number of carboxylic acids is 1. The van der Waals surface area contributed by atoms with Crippen LogP contribution < -0.4 is 5.32 Å². The summed E-state index contributed by atoms with van der Waals surface area (Å²) in [4.78, 5) is 10.8.